The Morgan fingerprint density at radius 1 is 1.29 bits per heavy atom. The van der Waals surface area contributed by atoms with Crippen molar-refractivity contribution in [2.45, 2.75) is 58.4 Å². The first-order chi connectivity index (χ1) is 15.0. The maximum atomic E-state index is 13.0. The first-order valence-corrected chi connectivity index (χ1v) is 11.5. The van der Waals surface area contributed by atoms with E-state index < -0.39 is 0 Å². The molecule has 0 fully saturated rings. The average molecular weight is 437 g/mol. The molecule has 0 atom stereocenters. The van der Waals surface area contributed by atoms with E-state index in [9.17, 15) is 9.59 Å². The molecule has 1 aromatic carbocycles. The van der Waals surface area contributed by atoms with Crippen molar-refractivity contribution in [2.75, 3.05) is 5.32 Å². The predicted molar refractivity (Wildman–Crippen MR) is 122 cm³/mol. The van der Waals surface area contributed by atoms with Gasteiger partial charge in [0, 0.05) is 29.4 Å². The summed E-state index contributed by atoms with van der Waals surface area (Å²) in [5.41, 5.74) is 3.21. The number of aromatic nitrogens is 3. The standard InChI is InChI=1S/C23H24N4O3S/c1-13(2)21-26-16-11-14(7-8-17(16)30-21)25-19(28)9-10-27-12-24-22-20(23(27)29)15-5-3-4-6-18(15)31-22/h7-8,11-13H,3-6,9-10H2,1-2H3,(H,25,28). The molecule has 7 nitrogen and oxygen atoms in total. The van der Waals surface area contributed by atoms with E-state index in [2.05, 4.69) is 15.3 Å². The van der Waals surface area contributed by atoms with Gasteiger partial charge in [-0.15, -0.1) is 11.3 Å². The maximum absolute atomic E-state index is 13.0. The zero-order valence-corrected chi connectivity index (χ0v) is 18.4. The largest absolute Gasteiger partial charge is 0.440 e. The highest BCUT2D eigenvalue weighted by atomic mass is 32.1. The Balaban J connectivity index is 1.30. The minimum Gasteiger partial charge on any atom is -0.440 e. The number of nitrogens with zero attached hydrogens (tertiary/aromatic N) is 3. The van der Waals surface area contributed by atoms with Gasteiger partial charge in [0.1, 0.15) is 10.3 Å². The Kier molecular flexibility index (Phi) is 5.09. The van der Waals surface area contributed by atoms with E-state index in [1.807, 2.05) is 19.9 Å². The van der Waals surface area contributed by atoms with E-state index in [0.29, 0.717) is 23.7 Å². The van der Waals surface area contributed by atoms with E-state index in [0.717, 1.165) is 35.0 Å². The number of benzene rings is 1. The summed E-state index contributed by atoms with van der Waals surface area (Å²) in [6, 6.07) is 5.42. The van der Waals surface area contributed by atoms with Crippen LogP contribution in [-0.2, 0) is 24.2 Å². The molecular weight excluding hydrogens is 412 g/mol. The van der Waals surface area contributed by atoms with Gasteiger partial charge in [0.05, 0.1) is 11.7 Å². The lowest BCUT2D eigenvalue weighted by Crippen LogP contribution is -2.24. The van der Waals surface area contributed by atoms with Crippen LogP contribution < -0.4 is 10.9 Å². The van der Waals surface area contributed by atoms with Gasteiger partial charge in [-0.25, -0.2) is 9.97 Å². The summed E-state index contributed by atoms with van der Waals surface area (Å²) < 4.78 is 7.26. The van der Waals surface area contributed by atoms with Gasteiger partial charge < -0.3 is 9.73 Å². The van der Waals surface area contributed by atoms with Crippen LogP contribution in [0.1, 0.15) is 55.4 Å². The van der Waals surface area contributed by atoms with Crippen molar-refractivity contribution >= 4 is 44.2 Å². The Morgan fingerprint density at radius 3 is 2.97 bits per heavy atom. The first-order valence-electron chi connectivity index (χ1n) is 10.7. The smallest absolute Gasteiger partial charge is 0.262 e. The molecule has 8 heteroatoms. The van der Waals surface area contributed by atoms with Crippen LogP contribution in [0, 0.1) is 0 Å². The Bertz CT molecular complexity index is 1350. The number of fused-ring (bicyclic) bond motifs is 4. The monoisotopic (exact) mass is 436 g/mol. The van der Waals surface area contributed by atoms with Gasteiger partial charge in [-0.2, -0.15) is 0 Å². The summed E-state index contributed by atoms with van der Waals surface area (Å²) in [7, 11) is 0. The van der Waals surface area contributed by atoms with Gasteiger partial charge in [0.15, 0.2) is 11.5 Å². The fourth-order valence-corrected chi connectivity index (χ4v) is 5.28. The second-order valence-corrected chi connectivity index (χ2v) is 9.41. The highest BCUT2D eigenvalue weighted by molar-refractivity contribution is 7.18. The molecule has 31 heavy (non-hydrogen) atoms. The minimum absolute atomic E-state index is 0.0394. The maximum Gasteiger partial charge on any atom is 0.262 e. The van der Waals surface area contributed by atoms with Crippen molar-refractivity contribution in [2.24, 2.45) is 0 Å². The SMILES string of the molecule is CC(C)c1nc2cc(NC(=O)CCn3cnc4sc5c(c4c3=O)CCCC5)ccc2o1. The van der Waals surface area contributed by atoms with E-state index in [4.69, 9.17) is 4.42 Å². The van der Waals surface area contributed by atoms with Crippen LogP contribution in [0.5, 0.6) is 0 Å². The van der Waals surface area contributed by atoms with Crippen LogP contribution in [-0.4, -0.2) is 20.4 Å². The fourth-order valence-electron chi connectivity index (χ4n) is 4.06. The number of hydrogen-bond acceptors (Lipinski definition) is 6. The van der Waals surface area contributed by atoms with E-state index in [-0.39, 0.29) is 23.8 Å². The van der Waals surface area contributed by atoms with Crippen LogP contribution >= 0.6 is 11.3 Å². The Morgan fingerprint density at radius 2 is 2.13 bits per heavy atom. The second-order valence-electron chi connectivity index (χ2n) is 8.32. The summed E-state index contributed by atoms with van der Waals surface area (Å²) >= 11 is 1.64. The van der Waals surface area contributed by atoms with Crippen molar-refractivity contribution in [1.82, 2.24) is 14.5 Å². The van der Waals surface area contributed by atoms with Crippen molar-refractivity contribution in [1.29, 1.82) is 0 Å². The van der Waals surface area contributed by atoms with E-state index in [1.54, 1.807) is 34.4 Å². The average Bonchev–Trinajstić information content (AvgIpc) is 3.34. The van der Waals surface area contributed by atoms with Gasteiger partial charge in [-0.05, 0) is 49.4 Å². The van der Waals surface area contributed by atoms with Gasteiger partial charge in [-0.3, -0.25) is 14.2 Å². The molecule has 3 heterocycles. The topological polar surface area (TPSA) is 90.0 Å². The number of anilines is 1. The molecule has 0 saturated carbocycles. The van der Waals surface area contributed by atoms with Crippen molar-refractivity contribution in [3.8, 4) is 0 Å². The first kappa shape index (κ1) is 19.9. The van der Waals surface area contributed by atoms with Crippen molar-refractivity contribution < 1.29 is 9.21 Å². The summed E-state index contributed by atoms with van der Waals surface area (Å²) in [4.78, 5) is 36.6. The molecule has 3 aromatic heterocycles. The number of hydrogen-bond donors (Lipinski definition) is 1. The zero-order valence-electron chi connectivity index (χ0n) is 17.6. The van der Waals surface area contributed by atoms with Crippen LogP contribution in [0.3, 0.4) is 0 Å². The molecule has 0 aliphatic heterocycles. The van der Waals surface area contributed by atoms with Crippen LogP contribution in [0.2, 0.25) is 0 Å². The highest BCUT2D eigenvalue weighted by Gasteiger charge is 2.20. The Labute approximate surface area is 183 Å². The summed E-state index contributed by atoms with van der Waals surface area (Å²) in [6.07, 6.45) is 6.02. The molecule has 0 spiro atoms. The molecule has 4 aromatic rings. The van der Waals surface area contributed by atoms with Crippen molar-refractivity contribution in [3.05, 3.63) is 51.2 Å². The fraction of sp³-hybridized carbons (Fsp3) is 0.391. The molecule has 0 bridgehead atoms. The normalized spacial score (nSPS) is 13.8. The van der Waals surface area contributed by atoms with Crippen molar-refractivity contribution in [3.63, 3.8) is 0 Å². The van der Waals surface area contributed by atoms with Gasteiger partial charge in [-0.1, -0.05) is 13.8 Å². The summed E-state index contributed by atoms with van der Waals surface area (Å²) in [6.45, 7) is 4.34. The molecule has 160 valence electrons. The summed E-state index contributed by atoms with van der Waals surface area (Å²) in [5, 5.41) is 3.64. The molecule has 0 unspecified atom stereocenters. The number of thiophene rings is 1. The minimum atomic E-state index is -0.161. The van der Waals surface area contributed by atoms with Crippen LogP contribution in [0.25, 0.3) is 21.3 Å². The zero-order chi connectivity index (χ0) is 21.5. The number of amides is 1. The molecule has 0 saturated heterocycles. The third kappa shape index (κ3) is 3.76. The van der Waals surface area contributed by atoms with E-state index in [1.165, 1.54) is 16.9 Å². The van der Waals surface area contributed by atoms with Crippen LogP contribution in [0.15, 0.2) is 33.7 Å². The molecule has 5 rings (SSSR count). The lowest BCUT2D eigenvalue weighted by atomic mass is 9.97. The summed E-state index contributed by atoms with van der Waals surface area (Å²) in [5.74, 6) is 0.714. The van der Waals surface area contributed by atoms with Crippen LogP contribution in [0.4, 0.5) is 5.69 Å². The quantitative estimate of drug-likeness (QED) is 0.493. The number of carbonyl (C=O) groups is 1. The number of carbonyl (C=O) groups excluding carboxylic acids is 1. The predicted octanol–water partition coefficient (Wildman–Crippen LogP) is 4.63. The number of rotatable bonds is 5. The highest BCUT2D eigenvalue weighted by Crippen LogP contribution is 2.33. The van der Waals surface area contributed by atoms with Gasteiger partial charge >= 0.3 is 0 Å². The lowest BCUT2D eigenvalue weighted by molar-refractivity contribution is -0.116. The molecule has 1 amide bonds. The molecule has 1 aliphatic rings. The second kappa shape index (κ2) is 7.92. The third-order valence-corrected chi connectivity index (χ3v) is 6.90. The lowest BCUT2D eigenvalue weighted by Gasteiger charge is -2.10. The Hall–Kier alpha value is -3.00. The molecule has 0 radical (unpaired) electrons. The number of oxazole rings is 1. The third-order valence-electron chi connectivity index (χ3n) is 5.70. The van der Waals surface area contributed by atoms with Gasteiger partial charge in [0.25, 0.3) is 5.56 Å². The molecule has 1 aliphatic carbocycles. The number of aryl methyl sites for hydroxylation is 3. The number of nitrogens with one attached hydrogen (secondary N) is 1. The molecular formula is C23H24N4O3S. The molecule has 1 N–H and O–H groups in total. The van der Waals surface area contributed by atoms with Gasteiger partial charge in [0.2, 0.25) is 5.91 Å². The van der Waals surface area contributed by atoms with E-state index >= 15 is 0 Å².